The van der Waals surface area contributed by atoms with Crippen molar-refractivity contribution in [3.05, 3.63) is 95.0 Å². The molecule has 30 heavy (non-hydrogen) atoms. The molecule has 1 aliphatic heterocycles. The highest BCUT2D eigenvalue weighted by Gasteiger charge is 2.38. The fourth-order valence-electron chi connectivity index (χ4n) is 4.27. The van der Waals surface area contributed by atoms with E-state index in [1.54, 1.807) is 31.2 Å². The van der Waals surface area contributed by atoms with Crippen molar-refractivity contribution in [3.63, 3.8) is 0 Å². The van der Waals surface area contributed by atoms with Crippen LogP contribution >= 0.6 is 11.6 Å². The quantitative estimate of drug-likeness (QED) is 0.533. The maximum Gasteiger partial charge on any atom is 0.258 e. The highest BCUT2D eigenvalue weighted by Crippen LogP contribution is 2.42. The highest BCUT2D eigenvalue weighted by molar-refractivity contribution is 6.31. The highest BCUT2D eigenvalue weighted by atomic mass is 35.5. The van der Waals surface area contributed by atoms with Gasteiger partial charge in [-0.1, -0.05) is 54.1 Å². The molecule has 3 aromatic rings. The smallest absolute Gasteiger partial charge is 0.258 e. The third-order valence-electron chi connectivity index (χ3n) is 5.54. The number of rotatable bonds is 3. The van der Waals surface area contributed by atoms with Crippen molar-refractivity contribution < 1.29 is 9.59 Å². The van der Waals surface area contributed by atoms with Gasteiger partial charge in [-0.2, -0.15) is 0 Å². The van der Waals surface area contributed by atoms with E-state index in [-0.39, 0.29) is 23.9 Å². The van der Waals surface area contributed by atoms with Gasteiger partial charge in [-0.15, -0.1) is 0 Å². The topological polar surface area (TPSA) is 40.6 Å². The van der Waals surface area contributed by atoms with Gasteiger partial charge in [0.2, 0.25) is 5.91 Å². The van der Waals surface area contributed by atoms with E-state index in [1.807, 2.05) is 71.3 Å². The van der Waals surface area contributed by atoms with E-state index in [2.05, 4.69) is 0 Å². The van der Waals surface area contributed by atoms with Crippen LogP contribution in [-0.2, 0) is 4.79 Å². The maximum atomic E-state index is 13.4. The second kappa shape index (κ2) is 8.33. The number of hydrogen-bond acceptors (Lipinski definition) is 2. The number of halogens is 1. The number of benzene rings is 3. The van der Waals surface area contributed by atoms with Crippen molar-refractivity contribution >= 4 is 34.8 Å². The van der Waals surface area contributed by atoms with Gasteiger partial charge in [0.1, 0.15) is 0 Å². The van der Waals surface area contributed by atoms with Crippen LogP contribution in [0.25, 0.3) is 0 Å². The molecular weight excluding hydrogens is 396 g/mol. The fourth-order valence-corrected chi connectivity index (χ4v) is 4.46. The molecule has 1 aliphatic rings. The summed E-state index contributed by atoms with van der Waals surface area (Å²) < 4.78 is 0. The Hall–Kier alpha value is -3.11. The van der Waals surface area contributed by atoms with Gasteiger partial charge in [-0.3, -0.25) is 9.59 Å². The zero-order valence-corrected chi connectivity index (χ0v) is 17.7. The van der Waals surface area contributed by atoms with Gasteiger partial charge in [0.25, 0.3) is 5.91 Å². The van der Waals surface area contributed by atoms with Crippen LogP contribution < -0.4 is 9.80 Å². The maximum absolute atomic E-state index is 13.4. The zero-order valence-electron chi connectivity index (χ0n) is 17.0. The Morgan fingerprint density at radius 3 is 2.37 bits per heavy atom. The van der Waals surface area contributed by atoms with E-state index in [4.69, 9.17) is 11.6 Å². The summed E-state index contributed by atoms with van der Waals surface area (Å²) >= 11 is 6.12. The van der Waals surface area contributed by atoms with Crippen molar-refractivity contribution in [3.8, 4) is 0 Å². The Morgan fingerprint density at radius 1 is 0.967 bits per heavy atom. The van der Waals surface area contributed by atoms with Crippen LogP contribution in [0.2, 0.25) is 5.02 Å². The first-order valence-corrected chi connectivity index (χ1v) is 10.4. The standard InChI is InChI=1S/C25H23ClN2O2/c1-17-15-24(28(18(2)29)21-11-4-3-5-12-21)22-13-6-7-14-23(22)27(17)25(30)19-9-8-10-20(26)16-19/h3-14,16-17,24H,15H2,1-2H3/t17-,24+/m0/s1. The number of amides is 2. The summed E-state index contributed by atoms with van der Waals surface area (Å²) in [5.74, 6) is -0.118. The molecule has 4 rings (SSSR count). The minimum absolute atomic E-state index is 0.0252. The van der Waals surface area contributed by atoms with E-state index in [9.17, 15) is 9.59 Å². The van der Waals surface area contributed by atoms with E-state index >= 15 is 0 Å². The lowest BCUT2D eigenvalue weighted by Gasteiger charge is -2.43. The van der Waals surface area contributed by atoms with Crippen LogP contribution in [0.5, 0.6) is 0 Å². The molecule has 0 saturated carbocycles. The minimum atomic E-state index is -0.153. The molecule has 0 saturated heterocycles. The molecule has 0 spiro atoms. The SMILES string of the molecule is CC(=O)N(c1ccccc1)[C@@H]1C[C@H](C)N(C(=O)c2cccc(Cl)c2)c2ccccc21. The van der Waals surface area contributed by atoms with Gasteiger partial charge in [-0.25, -0.2) is 0 Å². The number of carbonyl (C=O) groups is 2. The molecule has 2 atom stereocenters. The summed E-state index contributed by atoms with van der Waals surface area (Å²) in [6.07, 6.45) is 0.637. The molecule has 0 unspecified atom stereocenters. The Morgan fingerprint density at radius 2 is 1.67 bits per heavy atom. The van der Waals surface area contributed by atoms with Gasteiger partial charge >= 0.3 is 0 Å². The van der Waals surface area contributed by atoms with Gasteiger partial charge in [0.15, 0.2) is 0 Å². The monoisotopic (exact) mass is 418 g/mol. The second-order valence-electron chi connectivity index (χ2n) is 7.57. The third kappa shape index (κ3) is 3.71. The summed E-state index contributed by atoms with van der Waals surface area (Å²) in [4.78, 5) is 29.7. The average molecular weight is 419 g/mol. The fraction of sp³-hybridized carbons (Fsp3) is 0.200. The predicted molar refractivity (Wildman–Crippen MR) is 121 cm³/mol. The van der Waals surface area contributed by atoms with E-state index < -0.39 is 0 Å². The molecule has 5 heteroatoms. The first-order valence-electron chi connectivity index (χ1n) is 10.00. The summed E-state index contributed by atoms with van der Waals surface area (Å²) in [6.45, 7) is 3.61. The summed E-state index contributed by atoms with van der Waals surface area (Å²) in [7, 11) is 0. The molecule has 2 amide bonds. The van der Waals surface area contributed by atoms with Crippen molar-refractivity contribution in [1.29, 1.82) is 0 Å². The van der Waals surface area contributed by atoms with Crippen LogP contribution in [0.3, 0.4) is 0 Å². The molecule has 0 radical (unpaired) electrons. The average Bonchev–Trinajstić information content (AvgIpc) is 2.74. The van der Waals surface area contributed by atoms with Gasteiger partial charge < -0.3 is 9.80 Å². The summed E-state index contributed by atoms with van der Waals surface area (Å²) in [5.41, 5.74) is 3.19. The Labute approximate surface area is 181 Å². The lowest BCUT2D eigenvalue weighted by atomic mass is 9.89. The second-order valence-corrected chi connectivity index (χ2v) is 8.01. The predicted octanol–water partition coefficient (Wildman–Crippen LogP) is 5.87. The Kier molecular flexibility index (Phi) is 5.60. The Bertz CT molecular complexity index is 1080. The molecule has 1 heterocycles. The van der Waals surface area contributed by atoms with E-state index in [0.29, 0.717) is 17.0 Å². The number of nitrogens with zero attached hydrogens (tertiary/aromatic N) is 2. The van der Waals surface area contributed by atoms with Crippen LogP contribution in [0.15, 0.2) is 78.9 Å². The molecule has 0 aromatic heterocycles. The van der Waals surface area contributed by atoms with E-state index in [1.165, 1.54) is 0 Å². The van der Waals surface area contributed by atoms with Crippen LogP contribution in [0, 0.1) is 0 Å². The van der Waals surface area contributed by atoms with Crippen LogP contribution in [0.4, 0.5) is 11.4 Å². The first kappa shape index (κ1) is 20.2. The normalized spacial score (nSPS) is 17.9. The third-order valence-corrected chi connectivity index (χ3v) is 5.77. The van der Waals surface area contributed by atoms with Crippen molar-refractivity contribution in [1.82, 2.24) is 0 Å². The zero-order chi connectivity index (χ0) is 21.3. The van der Waals surface area contributed by atoms with Crippen LogP contribution in [-0.4, -0.2) is 17.9 Å². The molecule has 4 nitrogen and oxygen atoms in total. The molecule has 0 N–H and O–H groups in total. The summed E-state index contributed by atoms with van der Waals surface area (Å²) in [5, 5.41) is 0.531. The molecule has 3 aromatic carbocycles. The molecule has 0 aliphatic carbocycles. The van der Waals surface area contributed by atoms with Crippen LogP contribution in [0.1, 0.15) is 42.2 Å². The molecule has 0 bridgehead atoms. The lowest BCUT2D eigenvalue weighted by Crippen LogP contribution is -2.47. The van der Waals surface area contributed by atoms with Crippen molar-refractivity contribution in [2.75, 3.05) is 9.80 Å². The van der Waals surface area contributed by atoms with E-state index in [0.717, 1.165) is 16.9 Å². The number of anilines is 2. The summed E-state index contributed by atoms with van der Waals surface area (Å²) in [6, 6.07) is 24.3. The number of carbonyl (C=O) groups excluding carboxylic acids is 2. The molecule has 0 fully saturated rings. The number of hydrogen-bond donors (Lipinski definition) is 0. The number of para-hydroxylation sites is 2. The minimum Gasteiger partial charge on any atom is -0.305 e. The molecular formula is C25H23ClN2O2. The van der Waals surface area contributed by atoms with Crippen molar-refractivity contribution in [2.24, 2.45) is 0 Å². The van der Waals surface area contributed by atoms with Gasteiger partial charge in [0, 0.05) is 34.9 Å². The largest absolute Gasteiger partial charge is 0.305 e. The van der Waals surface area contributed by atoms with Gasteiger partial charge in [-0.05, 0) is 55.3 Å². The Balaban J connectivity index is 1.79. The van der Waals surface area contributed by atoms with Crippen molar-refractivity contribution in [2.45, 2.75) is 32.4 Å². The lowest BCUT2D eigenvalue weighted by molar-refractivity contribution is -0.117. The van der Waals surface area contributed by atoms with Gasteiger partial charge in [0.05, 0.1) is 6.04 Å². The first-order chi connectivity index (χ1) is 14.5. The number of fused-ring (bicyclic) bond motifs is 1. The molecule has 152 valence electrons.